The lowest BCUT2D eigenvalue weighted by Crippen LogP contribution is -2.15. The molecule has 1 heterocycles. The lowest BCUT2D eigenvalue weighted by Gasteiger charge is -2.11. The van der Waals surface area contributed by atoms with Gasteiger partial charge in [-0.1, -0.05) is 23.7 Å². The number of carbonyl (C=O) groups is 1. The average Bonchev–Trinajstić information content (AvgIpc) is 2.64. The molecule has 0 aliphatic heterocycles. The fourth-order valence-corrected chi connectivity index (χ4v) is 2.69. The van der Waals surface area contributed by atoms with Crippen LogP contribution in [-0.4, -0.2) is 22.0 Å². The predicted octanol–water partition coefficient (Wildman–Crippen LogP) is 5.22. The van der Waals surface area contributed by atoms with E-state index in [-0.39, 0.29) is 17.7 Å². The maximum Gasteiger partial charge on any atom is 0.274 e. The molecule has 1 aromatic heterocycles. The largest absolute Gasteiger partial charge is 0.491 e. The molecule has 0 aliphatic rings. The van der Waals surface area contributed by atoms with Gasteiger partial charge in [-0.3, -0.25) is 4.79 Å². The molecule has 3 rings (SSSR count). The highest BCUT2D eigenvalue weighted by atomic mass is 35.5. The van der Waals surface area contributed by atoms with Crippen LogP contribution in [0.25, 0.3) is 0 Å². The third kappa shape index (κ3) is 5.20. The van der Waals surface area contributed by atoms with Crippen molar-refractivity contribution in [3.8, 4) is 5.75 Å². The van der Waals surface area contributed by atoms with Gasteiger partial charge < -0.3 is 15.4 Å². The van der Waals surface area contributed by atoms with Gasteiger partial charge in [0.2, 0.25) is 5.95 Å². The van der Waals surface area contributed by atoms with Gasteiger partial charge >= 0.3 is 0 Å². The Kier molecular flexibility index (Phi) is 6.11. The van der Waals surface area contributed by atoms with E-state index in [4.69, 9.17) is 16.3 Å². The highest BCUT2D eigenvalue weighted by Gasteiger charge is 2.12. The topological polar surface area (TPSA) is 76.1 Å². The Morgan fingerprint density at radius 3 is 2.46 bits per heavy atom. The van der Waals surface area contributed by atoms with Gasteiger partial charge in [0.15, 0.2) is 0 Å². The summed E-state index contributed by atoms with van der Waals surface area (Å²) in [5.41, 5.74) is 2.23. The van der Waals surface area contributed by atoms with E-state index in [1.807, 2.05) is 38.1 Å². The van der Waals surface area contributed by atoms with Crippen LogP contribution in [0.2, 0.25) is 5.02 Å². The number of anilines is 3. The quantitative estimate of drug-likeness (QED) is 0.597. The van der Waals surface area contributed by atoms with Crippen LogP contribution in [-0.2, 0) is 0 Å². The number of amides is 1. The van der Waals surface area contributed by atoms with Crippen molar-refractivity contribution in [1.29, 1.82) is 0 Å². The van der Waals surface area contributed by atoms with Crippen LogP contribution in [0.1, 0.15) is 30.0 Å². The molecule has 0 unspecified atom stereocenters. The van der Waals surface area contributed by atoms with Gasteiger partial charge in [-0.25, -0.2) is 9.97 Å². The second-order valence-corrected chi connectivity index (χ2v) is 6.88. The van der Waals surface area contributed by atoms with Gasteiger partial charge in [-0.15, -0.1) is 0 Å². The maximum atomic E-state index is 12.6. The zero-order valence-corrected chi connectivity index (χ0v) is 16.6. The van der Waals surface area contributed by atoms with Crippen molar-refractivity contribution in [2.75, 3.05) is 10.6 Å². The summed E-state index contributed by atoms with van der Waals surface area (Å²) in [6.07, 6.45) is 0.109. The van der Waals surface area contributed by atoms with E-state index in [1.165, 1.54) is 0 Å². The SMILES string of the molecule is Cc1cc(C(=O)Nc2ccccc2Cl)nc(Nc2ccc(OC(C)C)cc2)n1. The molecule has 6 nitrogen and oxygen atoms in total. The zero-order valence-electron chi connectivity index (χ0n) is 15.9. The number of hydrogen-bond acceptors (Lipinski definition) is 5. The van der Waals surface area contributed by atoms with Crippen molar-refractivity contribution in [3.63, 3.8) is 0 Å². The Bertz CT molecular complexity index is 974. The summed E-state index contributed by atoms with van der Waals surface area (Å²) in [6.45, 7) is 5.75. The molecular formula is C21H21ClN4O2. The van der Waals surface area contributed by atoms with Crippen LogP contribution in [0.4, 0.5) is 17.3 Å². The van der Waals surface area contributed by atoms with E-state index in [1.54, 1.807) is 37.3 Å². The van der Waals surface area contributed by atoms with Gasteiger partial charge in [-0.2, -0.15) is 0 Å². The van der Waals surface area contributed by atoms with E-state index >= 15 is 0 Å². The van der Waals surface area contributed by atoms with Gasteiger partial charge in [-0.05, 0) is 63.2 Å². The zero-order chi connectivity index (χ0) is 20.1. The summed E-state index contributed by atoms with van der Waals surface area (Å²) in [5, 5.41) is 6.34. The molecule has 0 saturated carbocycles. The first-order chi connectivity index (χ1) is 13.4. The molecule has 0 spiro atoms. The number of rotatable bonds is 6. The number of hydrogen-bond donors (Lipinski definition) is 2. The van der Waals surface area contributed by atoms with E-state index < -0.39 is 0 Å². The molecule has 0 aliphatic carbocycles. The molecule has 0 bridgehead atoms. The first-order valence-electron chi connectivity index (χ1n) is 8.86. The number of carbonyl (C=O) groups excluding carboxylic acids is 1. The van der Waals surface area contributed by atoms with Crippen molar-refractivity contribution in [2.24, 2.45) is 0 Å². The highest BCUT2D eigenvalue weighted by Crippen LogP contribution is 2.22. The van der Waals surface area contributed by atoms with Crippen LogP contribution in [0.3, 0.4) is 0 Å². The van der Waals surface area contributed by atoms with Crippen LogP contribution >= 0.6 is 11.6 Å². The number of halogens is 1. The molecule has 2 N–H and O–H groups in total. The summed E-state index contributed by atoms with van der Waals surface area (Å²) >= 11 is 6.10. The third-order valence-corrected chi connectivity index (χ3v) is 4.02. The third-order valence-electron chi connectivity index (χ3n) is 3.69. The van der Waals surface area contributed by atoms with Gasteiger partial charge in [0, 0.05) is 11.4 Å². The minimum Gasteiger partial charge on any atom is -0.491 e. The molecule has 0 atom stereocenters. The van der Waals surface area contributed by atoms with E-state index in [9.17, 15) is 4.79 Å². The molecular weight excluding hydrogens is 376 g/mol. The number of benzene rings is 2. The smallest absolute Gasteiger partial charge is 0.274 e. The highest BCUT2D eigenvalue weighted by molar-refractivity contribution is 6.33. The first-order valence-corrected chi connectivity index (χ1v) is 9.24. The summed E-state index contributed by atoms with van der Waals surface area (Å²) in [4.78, 5) is 21.2. The molecule has 0 saturated heterocycles. The number of para-hydroxylation sites is 1. The first kappa shape index (κ1) is 19.6. The van der Waals surface area contributed by atoms with E-state index in [0.29, 0.717) is 22.4 Å². The van der Waals surface area contributed by atoms with Gasteiger partial charge in [0.05, 0.1) is 16.8 Å². The second kappa shape index (κ2) is 8.71. The van der Waals surface area contributed by atoms with Crippen molar-refractivity contribution in [2.45, 2.75) is 26.9 Å². The fraction of sp³-hybridized carbons (Fsp3) is 0.190. The standard InChI is InChI=1S/C21H21ClN4O2/c1-13(2)28-16-10-8-15(9-11-16)24-21-23-14(3)12-19(26-21)20(27)25-18-7-5-4-6-17(18)22/h4-13H,1-3H3,(H,25,27)(H,23,24,26). The number of nitrogens with one attached hydrogen (secondary N) is 2. The Hall–Kier alpha value is -3.12. The van der Waals surface area contributed by atoms with Gasteiger partial charge in [0.25, 0.3) is 5.91 Å². The van der Waals surface area contributed by atoms with E-state index in [2.05, 4.69) is 20.6 Å². The molecule has 0 fully saturated rings. The van der Waals surface area contributed by atoms with Crippen molar-refractivity contribution in [3.05, 3.63) is 71.0 Å². The van der Waals surface area contributed by atoms with Crippen LogP contribution in [0.15, 0.2) is 54.6 Å². The normalized spacial score (nSPS) is 10.6. The van der Waals surface area contributed by atoms with Crippen LogP contribution in [0, 0.1) is 6.92 Å². The average molecular weight is 397 g/mol. The second-order valence-electron chi connectivity index (χ2n) is 6.47. The number of aromatic nitrogens is 2. The maximum absolute atomic E-state index is 12.6. The fourth-order valence-electron chi connectivity index (χ4n) is 2.51. The van der Waals surface area contributed by atoms with Gasteiger partial charge in [0.1, 0.15) is 11.4 Å². The summed E-state index contributed by atoms with van der Waals surface area (Å²) < 4.78 is 5.63. The van der Waals surface area contributed by atoms with Crippen LogP contribution in [0.5, 0.6) is 5.75 Å². The summed E-state index contributed by atoms with van der Waals surface area (Å²) in [7, 11) is 0. The molecule has 3 aromatic rings. The summed E-state index contributed by atoms with van der Waals surface area (Å²) in [6, 6.07) is 16.1. The molecule has 0 radical (unpaired) electrons. The Morgan fingerprint density at radius 1 is 1.07 bits per heavy atom. The summed E-state index contributed by atoms with van der Waals surface area (Å²) in [5.74, 6) is 0.759. The Morgan fingerprint density at radius 2 is 1.79 bits per heavy atom. The Labute approximate surface area is 168 Å². The molecule has 7 heteroatoms. The minimum atomic E-state index is -0.359. The Balaban J connectivity index is 1.76. The molecule has 28 heavy (non-hydrogen) atoms. The molecule has 2 aromatic carbocycles. The number of aryl methyl sites for hydroxylation is 1. The monoisotopic (exact) mass is 396 g/mol. The predicted molar refractivity (Wildman–Crippen MR) is 112 cm³/mol. The number of ether oxygens (including phenoxy) is 1. The molecule has 1 amide bonds. The molecule has 144 valence electrons. The van der Waals surface area contributed by atoms with Crippen LogP contribution < -0.4 is 15.4 Å². The van der Waals surface area contributed by atoms with Crippen molar-refractivity contribution < 1.29 is 9.53 Å². The lowest BCUT2D eigenvalue weighted by molar-refractivity contribution is 0.102. The van der Waals surface area contributed by atoms with Crippen molar-refractivity contribution >= 4 is 34.8 Å². The minimum absolute atomic E-state index is 0.109. The van der Waals surface area contributed by atoms with E-state index in [0.717, 1.165) is 11.4 Å². The number of nitrogens with zero attached hydrogens (tertiary/aromatic N) is 2. The van der Waals surface area contributed by atoms with Crippen molar-refractivity contribution in [1.82, 2.24) is 9.97 Å². The lowest BCUT2D eigenvalue weighted by atomic mass is 10.2.